The van der Waals surface area contributed by atoms with Crippen molar-refractivity contribution in [1.82, 2.24) is 4.90 Å². The Morgan fingerprint density at radius 3 is 2.68 bits per heavy atom. The third-order valence-electron chi connectivity index (χ3n) is 5.15. The van der Waals surface area contributed by atoms with Gasteiger partial charge in [0.15, 0.2) is 0 Å². The van der Waals surface area contributed by atoms with Crippen molar-refractivity contribution in [3.8, 4) is 0 Å². The molecule has 0 saturated carbocycles. The Labute approximate surface area is 175 Å². The lowest BCUT2D eigenvalue weighted by atomic mass is 9.98. The zero-order valence-electron chi connectivity index (χ0n) is 17.0. The topological polar surface area (TPSA) is 62.1 Å². The minimum atomic E-state index is -0.687. The highest BCUT2D eigenvalue weighted by atomic mass is 35.5. The molecule has 6 heteroatoms. The Bertz CT molecular complexity index is 580. The summed E-state index contributed by atoms with van der Waals surface area (Å²) >= 11 is 0. The lowest BCUT2D eigenvalue weighted by molar-refractivity contribution is -0.143. The molecular weight excluding hydrogens is 376 g/mol. The number of rotatable bonds is 12. The molecule has 1 unspecified atom stereocenters. The predicted molar refractivity (Wildman–Crippen MR) is 116 cm³/mol. The number of hydrogen-bond donors (Lipinski definition) is 1. The first-order valence-electron chi connectivity index (χ1n) is 10.4. The van der Waals surface area contributed by atoms with E-state index in [-0.39, 0.29) is 18.3 Å². The number of piperidine rings is 1. The van der Waals surface area contributed by atoms with E-state index in [1.54, 1.807) is 0 Å². The van der Waals surface area contributed by atoms with Crippen LogP contribution in [0, 0.1) is 5.92 Å². The highest BCUT2D eigenvalue weighted by Crippen LogP contribution is 2.16. The van der Waals surface area contributed by atoms with E-state index in [4.69, 9.17) is 4.84 Å². The first-order chi connectivity index (χ1) is 13.2. The Kier molecular flexibility index (Phi) is 12.6. The standard InChI is InChI=1S/C22H34N2O3.ClH/c1-2-3-4-5-9-14-21(19-11-7-6-8-12-19)23-27-17-16-24-15-10-13-20(18-24)22(25)26;/h6-8,11-12,20H,2-5,9-10,13-18H2,1H3,(H,25,26);1H. The molecule has 158 valence electrons. The molecule has 1 atom stereocenters. The quantitative estimate of drug-likeness (QED) is 0.299. The lowest BCUT2D eigenvalue weighted by Crippen LogP contribution is -2.40. The van der Waals surface area contributed by atoms with Crippen LogP contribution in [0.5, 0.6) is 0 Å². The van der Waals surface area contributed by atoms with Gasteiger partial charge < -0.3 is 9.94 Å². The maximum absolute atomic E-state index is 11.2. The average Bonchev–Trinajstić information content (AvgIpc) is 2.70. The van der Waals surface area contributed by atoms with Gasteiger partial charge in [-0.2, -0.15) is 0 Å². The van der Waals surface area contributed by atoms with E-state index in [2.05, 4.69) is 29.1 Å². The summed E-state index contributed by atoms with van der Waals surface area (Å²) in [6.45, 7) is 5.02. The summed E-state index contributed by atoms with van der Waals surface area (Å²) in [7, 11) is 0. The molecule has 1 aliphatic heterocycles. The molecule has 0 spiro atoms. The number of hydrogen-bond acceptors (Lipinski definition) is 4. The van der Waals surface area contributed by atoms with Crippen LogP contribution in [0.2, 0.25) is 0 Å². The van der Waals surface area contributed by atoms with E-state index >= 15 is 0 Å². The molecule has 1 saturated heterocycles. The number of aliphatic carboxylic acids is 1. The monoisotopic (exact) mass is 410 g/mol. The van der Waals surface area contributed by atoms with Crippen LogP contribution in [0.4, 0.5) is 0 Å². The number of likely N-dealkylation sites (tertiary alicyclic amines) is 1. The van der Waals surface area contributed by atoms with E-state index in [0.29, 0.717) is 13.2 Å². The number of oxime groups is 1. The maximum Gasteiger partial charge on any atom is 0.307 e. The van der Waals surface area contributed by atoms with Crippen LogP contribution in [-0.4, -0.2) is 47.9 Å². The van der Waals surface area contributed by atoms with Gasteiger partial charge in [0, 0.05) is 13.1 Å². The molecule has 1 aliphatic rings. The van der Waals surface area contributed by atoms with Crippen molar-refractivity contribution < 1.29 is 14.7 Å². The fourth-order valence-corrected chi connectivity index (χ4v) is 3.52. The summed E-state index contributed by atoms with van der Waals surface area (Å²) in [5, 5.41) is 13.6. The number of benzene rings is 1. The SMILES string of the molecule is CCCCCCCC(=NOCCN1CCCC(C(=O)O)C1)c1ccccc1.Cl. The summed E-state index contributed by atoms with van der Waals surface area (Å²) in [5.74, 6) is -0.932. The van der Waals surface area contributed by atoms with Gasteiger partial charge >= 0.3 is 5.97 Å². The molecule has 1 N–H and O–H groups in total. The van der Waals surface area contributed by atoms with Crippen LogP contribution in [0.15, 0.2) is 35.5 Å². The van der Waals surface area contributed by atoms with Gasteiger partial charge in [-0.05, 0) is 37.8 Å². The molecule has 0 aromatic heterocycles. The molecule has 1 aromatic carbocycles. The highest BCUT2D eigenvalue weighted by molar-refractivity contribution is 6.00. The fraction of sp³-hybridized carbons (Fsp3) is 0.636. The van der Waals surface area contributed by atoms with Crippen LogP contribution in [0.3, 0.4) is 0 Å². The number of carboxylic acids is 1. The Hall–Kier alpha value is -1.59. The first-order valence-corrected chi connectivity index (χ1v) is 10.4. The summed E-state index contributed by atoms with van der Waals surface area (Å²) in [6, 6.07) is 10.2. The lowest BCUT2D eigenvalue weighted by Gasteiger charge is -2.29. The summed E-state index contributed by atoms with van der Waals surface area (Å²) in [5.41, 5.74) is 2.13. The average molecular weight is 411 g/mol. The van der Waals surface area contributed by atoms with Gasteiger partial charge in [0.2, 0.25) is 0 Å². The Morgan fingerprint density at radius 1 is 1.21 bits per heavy atom. The molecule has 0 bridgehead atoms. The molecule has 28 heavy (non-hydrogen) atoms. The minimum Gasteiger partial charge on any atom is -0.481 e. The zero-order valence-corrected chi connectivity index (χ0v) is 17.8. The van der Waals surface area contributed by atoms with E-state index in [1.807, 2.05) is 18.2 Å². The van der Waals surface area contributed by atoms with Gasteiger partial charge in [-0.25, -0.2) is 0 Å². The van der Waals surface area contributed by atoms with Gasteiger partial charge in [0.1, 0.15) is 6.61 Å². The zero-order chi connectivity index (χ0) is 19.3. The van der Waals surface area contributed by atoms with Gasteiger partial charge in [-0.1, -0.05) is 68.1 Å². The largest absolute Gasteiger partial charge is 0.481 e. The fourth-order valence-electron chi connectivity index (χ4n) is 3.52. The molecule has 2 rings (SSSR count). The summed E-state index contributed by atoms with van der Waals surface area (Å²) < 4.78 is 0. The van der Waals surface area contributed by atoms with E-state index < -0.39 is 5.97 Å². The molecule has 5 nitrogen and oxygen atoms in total. The van der Waals surface area contributed by atoms with Crippen LogP contribution >= 0.6 is 12.4 Å². The van der Waals surface area contributed by atoms with E-state index in [0.717, 1.165) is 50.0 Å². The van der Waals surface area contributed by atoms with Crippen molar-refractivity contribution in [1.29, 1.82) is 0 Å². The van der Waals surface area contributed by atoms with Crippen LogP contribution in [0.25, 0.3) is 0 Å². The first kappa shape index (κ1) is 24.4. The smallest absolute Gasteiger partial charge is 0.307 e. The van der Waals surface area contributed by atoms with E-state index in [9.17, 15) is 9.90 Å². The third kappa shape index (κ3) is 9.07. The van der Waals surface area contributed by atoms with Gasteiger partial charge in [-0.3, -0.25) is 9.69 Å². The van der Waals surface area contributed by atoms with Crippen molar-refractivity contribution in [3.63, 3.8) is 0 Å². The summed E-state index contributed by atoms with van der Waals surface area (Å²) in [6.07, 6.45) is 8.82. The van der Waals surface area contributed by atoms with Crippen molar-refractivity contribution in [2.24, 2.45) is 11.1 Å². The molecular formula is C22H35ClN2O3. The summed E-state index contributed by atoms with van der Waals surface area (Å²) in [4.78, 5) is 19.0. The van der Waals surface area contributed by atoms with Crippen molar-refractivity contribution in [2.75, 3.05) is 26.2 Å². The van der Waals surface area contributed by atoms with Crippen molar-refractivity contribution >= 4 is 24.1 Å². The number of halogens is 1. The molecule has 0 aliphatic carbocycles. The minimum absolute atomic E-state index is 0. The normalized spacial score (nSPS) is 17.8. The molecule has 0 amide bonds. The van der Waals surface area contributed by atoms with E-state index in [1.165, 1.54) is 25.7 Å². The van der Waals surface area contributed by atoms with Crippen molar-refractivity contribution in [2.45, 2.75) is 58.3 Å². The van der Waals surface area contributed by atoms with Gasteiger partial charge in [-0.15, -0.1) is 12.4 Å². The predicted octanol–water partition coefficient (Wildman–Crippen LogP) is 4.99. The molecule has 1 fully saturated rings. The van der Waals surface area contributed by atoms with Crippen LogP contribution in [0.1, 0.15) is 63.9 Å². The number of unbranched alkanes of at least 4 members (excludes halogenated alkanes) is 4. The van der Waals surface area contributed by atoms with Crippen molar-refractivity contribution in [3.05, 3.63) is 35.9 Å². The maximum atomic E-state index is 11.2. The highest BCUT2D eigenvalue weighted by Gasteiger charge is 2.24. The van der Waals surface area contributed by atoms with Gasteiger partial charge in [0.25, 0.3) is 0 Å². The molecule has 1 aromatic rings. The van der Waals surface area contributed by atoms with Gasteiger partial charge in [0.05, 0.1) is 11.6 Å². The van der Waals surface area contributed by atoms with Crippen LogP contribution in [-0.2, 0) is 9.63 Å². The number of carbonyl (C=O) groups is 1. The second kappa shape index (κ2) is 14.4. The Balaban J connectivity index is 0.00000392. The second-order valence-electron chi connectivity index (χ2n) is 7.38. The Morgan fingerprint density at radius 2 is 1.96 bits per heavy atom. The molecule has 1 heterocycles. The second-order valence-corrected chi connectivity index (χ2v) is 7.38. The third-order valence-corrected chi connectivity index (χ3v) is 5.15. The number of nitrogens with zero attached hydrogens (tertiary/aromatic N) is 2. The molecule has 0 radical (unpaired) electrons. The van der Waals surface area contributed by atoms with Crippen LogP contribution < -0.4 is 0 Å². The number of carboxylic acid groups (broad SMARTS) is 1.